The van der Waals surface area contributed by atoms with Crippen molar-refractivity contribution < 1.29 is 4.79 Å². The number of aryl methyl sites for hydroxylation is 1. The highest BCUT2D eigenvalue weighted by Crippen LogP contribution is 2.20. The first kappa shape index (κ1) is 14.3. The Morgan fingerprint density at radius 1 is 1.05 bits per heavy atom. The van der Waals surface area contributed by atoms with Crippen LogP contribution in [0.4, 0.5) is 5.69 Å². The fraction of sp³-hybridized carbons (Fsp3) is 0.133. The highest BCUT2D eigenvalue weighted by atomic mass is 79.9. The first-order valence-electron chi connectivity index (χ1n) is 5.85. The fourth-order valence-corrected chi connectivity index (χ4v) is 2.49. The molecule has 0 aliphatic rings. The molecule has 0 saturated carbocycles. The minimum atomic E-state index is -0.00672. The van der Waals surface area contributed by atoms with Crippen LogP contribution < -0.4 is 5.32 Å². The summed E-state index contributed by atoms with van der Waals surface area (Å²) in [6.07, 6.45) is 0.378. The second kappa shape index (κ2) is 6.35. The van der Waals surface area contributed by atoms with Crippen molar-refractivity contribution in [1.82, 2.24) is 0 Å². The van der Waals surface area contributed by atoms with Crippen molar-refractivity contribution in [1.29, 1.82) is 0 Å². The first-order valence-corrected chi connectivity index (χ1v) is 7.43. The molecule has 0 atom stereocenters. The van der Waals surface area contributed by atoms with Gasteiger partial charge in [0, 0.05) is 14.6 Å². The van der Waals surface area contributed by atoms with E-state index in [4.69, 9.17) is 0 Å². The maximum atomic E-state index is 12.0. The largest absolute Gasteiger partial charge is 0.326 e. The molecule has 1 N–H and O–H groups in total. The van der Waals surface area contributed by atoms with E-state index in [1.165, 1.54) is 0 Å². The number of rotatable bonds is 3. The van der Waals surface area contributed by atoms with E-state index in [1.807, 2.05) is 49.4 Å². The zero-order chi connectivity index (χ0) is 13.8. The topological polar surface area (TPSA) is 29.1 Å². The molecule has 0 spiro atoms. The number of halogens is 2. The van der Waals surface area contributed by atoms with E-state index in [9.17, 15) is 4.79 Å². The minimum Gasteiger partial charge on any atom is -0.326 e. The zero-order valence-electron chi connectivity index (χ0n) is 10.4. The van der Waals surface area contributed by atoms with E-state index in [1.54, 1.807) is 0 Å². The second-order valence-corrected chi connectivity index (χ2v) is 6.14. The number of amides is 1. The molecular weight excluding hydrogens is 370 g/mol. The Hall–Kier alpha value is -1.13. The van der Waals surface area contributed by atoms with Gasteiger partial charge in [0.2, 0.25) is 5.91 Å². The van der Waals surface area contributed by atoms with Gasteiger partial charge in [0.05, 0.1) is 6.42 Å². The van der Waals surface area contributed by atoms with Crippen molar-refractivity contribution in [2.45, 2.75) is 13.3 Å². The molecule has 0 unspecified atom stereocenters. The highest BCUT2D eigenvalue weighted by Gasteiger charge is 2.06. The lowest BCUT2D eigenvalue weighted by Crippen LogP contribution is -2.15. The van der Waals surface area contributed by atoms with Crippen molar-refractivity contribution >= 4 is 43.5 Å². The van der Waals surface area contributed by atoms with Crippen LogP contribution in [0.5, 0.6) is 0 Å². The number of carbonyl (C=O) groups excluding carboxylic acids is 1. The van der Waals surface area contributed by atoms with E-state index in [0.717, 1.165) is 25.8 Å². The molecule has 0 aliphatic heterocycles. The van der Waals surface area contributed by atoms with Gasteiger partial charge in [-0.3, -0.25) is 4.79 Å². The number of benzene rings is 2. The summed E-state index contributed by atoms with van der Waals surface area (Å²) in [7, 11) is 0. The summed E-state index contributed by atoms with van der Waals surface area (Å²) >= 11 is 6.78. The molecule has 0 aromatic heterocycles. The Kier molecular flexibility index (Phi) is 4.77. The second-order valence-electron chi connectivity index (χ2n) is 4.31. The number of hydrogen-bond donors (Lipinski definition) is 1. The zero-order valence-corrected chi connectivity index (χ0v) is 13.6. The van der Waals surface area contributed by atoms with Crippen molar-refractivity contribution in [2.75, 3.05) is 5.32 Å². The van der Waals surface area contributed by atoms with Crippen molar-refractivity contribution in [3.8, 4) is 0 Å². The van der Waals surface area contributed by atoms with Crippen LogP contribution in [0.2, 0.25) is 0 Å². The highest BCUT2D eigenvalue weighted by molar-refractivity contribution is 9.10. The summed E-state index contributed by atoms with van der Waals surface area (Å²) < 4.78 is 2.02. The molecule has 19 heavy (non-hydrogen) atoms. The van der Waals surface area contributed by atoms with Crippen LogP contribution in [-0.4, -0.2) is 5.91 Å². The van der Waals surface area contributed by atoms with Crippen molar-refractivity contribution in [2.24, 2.45) is 0 Å². The molecule has 0 saturated heterocycles. The summed E-state index contributed by atoms with van der Waals surface area (Å²) in [6, 6.07) is 13.6. The quantitative estimate of drug-likeness (QED) is 0.818. The standard InChI is InChI=1S/C15H13Br2NO/c1-10-8-13(17)6-7-14(10)18-15(19)9-11-2-4-12(16)5-3-11/h2-8H,9H2,1H3,(H,18,19). The Balaban J connectivity index is 2.03. The Labute approximate surface area is 129 Å². The Morgan fingerprint density at radius 3 is 2.32 bits per heavy atom. The van der Waals surface area contributed by atoms with Crippen molar-refractivity contribution in [3.05, 3.63) is 62.5 Å². The summed E-state index contributed by atoms with van der Waals surface area (Å²) in [5, 5.41) is 2.93. The van der Waals surface area contributed by atoms with Crippen molar-refractivity contribution in [3.63, 3.8) is 0 Å². The molecule has 0 bridgehead atoms. The molecule has 0 fully saturated rings. The maximum absolute atomic E-state index is 12.0. The average molecular weight is 383 g/mol. The summed E-state index contributed by atoms with van der Waals surface area (Å²) in [6.45, 7) is 1.97. The van der Waals surface area contributed by atoms with Crippen LogP contribution >= 0.6 is 31.9 Å². The van der Waals surface area contributed by atoms with E-state index in [0.29, 0.717) is 6.42 Å². The lowest BCUT2D eigenvalue weighted by Gasteiger charge is -2.09. The molecule has 4 heteroatoms. The molecule has 98 valence electrons. The molecule has 2 rings (SSSR count). The molecule has 2 aromatic carbocycles. The van der Waals surface area contributed by atoms with Gasteiger partial charge in [-0.25, -0.2) is 0 Å². The van der Waals surface area contributed by atoms with Gasteiger partial charge in [0.15, 0.2) is 0 Å². The van der Waals surface area contributed by atoms with Gasteiger partial charge in [-0.15, -0.1) is 0 Å². The molecule has 0 aliphatic carbocycles. The SMILES string of the molecule is Cc1cc(Br)ccc1NC(=O)Cc1ccc(Br)cc1. The third kappa shape index (κ3) is 4.18. The van der Waals surface area contributed by atoms with Crippen LogP contribution in [0.1, 0.15) is 11.1 Å². The molecule has 0 radical (unpaired) electrons. The summed E-state index contributed by atoms with van der Waals surface area (Å²) in [4.78, 5) is 12.0. The molecule has 0 heterocycles. The van der Waals surface area contributed by atoms with Gasteiger partial charge in [0.1, 0.15) is 0 Å². The number of hydrogen-bond acceptors (Lipinski definition) is 1. The van der Waals surface area contributed by atoms with E-state index in [2.05, 4.69) is 37.2 Å². The van der Waals surface area contributed by atoms with E-state index < -0.39 is 0 Å². The lowest BCUT2D eigenvalue weighted by atomic mass is 10.1. The number of carbonyl (C=O) groups is 1. The van der Waals surface area contributed by atoms with Crippen LogP contribution in [-0.2, 0) is 11.2 Å². The van der Waals surface area contributed by atoms with Gasteiger partial charge >= 0.3 is 0 Å². The molecule has 2 aromatic rings. The van der Waals surface area contributed by atoms with E-state index >= 15 is 0 Å². The third-order valence-electron chi connectivity index (χ3n) is 2.74. The Morgan fingerprint density at radius 2 is 1.68 bits per heavy atom. The van der Waals surface area contributed by atoms with Crippen LogP contribution in [0.25, 0.3) is 0 Å². The smallest absolute Gasteiger partial charge is 0.228 e. The predicted octanol–water partition coefficient (Wildman–Crippen LogP) is 4.70. The maximum Gasteiger partial charge on any atom is 0.228 e. The normalized spacial score (nSPS) is 10.3. The van der Waals surface area contributed by atoms with Gasteiger partial charge in [-0.2, -0.15) is 0 Å². The molecule has 2 nitrogen and oxygen atoms in total. The minimum absolute atomic E-state index is 0.00672. The van der Waals surface area contributed by atoms with Gasteiger partial charge < -0.3 is 5.32 Å². The Bertz CT molecular complexity index is 594. The number of anilines is 1. The van der Waals surface area contributed by atoms with E-state index in [-0.39, 0.29) is 5.91 Å². The molecular formula is C15H13Br2NO. The van der Waals surface area contributed by atoms with Gasteiger partial charge in [-0.1, -0.05) is 44.0 Å². The van der Waals surface area contributed by atoms with Crippen LogP contribution in [0, 0.1) is 6.92 Å². The monoisotopic (exact) mass is 381 g/mol. The van der Waals surface area contributed by atoms with Crippen LogP contribution in [0.3, 0.4) is 0 Å². The lowest BCUT2D eigenvalue weighted by molar-refractivity contribution is -0.115. The molecule has 1 amide bonds. The van der Waals surface area contributed by atoms with Crippen LogP contribution in [0.15, 0.2) is 51.4 Å². The number of nitrogens with one attached hydrogen (secondary N) is 1. The fourth-order valence-electron chi connectivity index (χ4n) is 1.75. The predicted molar refractivity (Wildman–Crippen MR) is 85.4 cm³/mol. The first-order chi connectivity index (χ1) is 9.04. The summed E-state index contributed by atoms with van der Waals surface area (Å²) in [5.74, 6) is -0.00672. The average Bonchev–Trinajstić information content (AvgIpc) is 2.36. The summed E-state index contributed by atoms with van der Waals surface area (Å²) in [5.41, 5.74) is 2.89. The third-order valence-corrected chi connectivity index (χ3v) is 3.76. The van der Waals surface area contributed by atoms with Gasteiger partial charge in [-0.05, 0) is 48.4 Å². The van der Waals surface area contributed by atoms with Gasteiger partial charge in [0.25, 0.3) is 0 Å².